The van der Waals surface area contributed by atoms with Crippen molar-refractivity contribution < 1.29 is 46.6 Å². The zero-order valence-corrected chi connectivity index (χ0v) is 21.5. The molecule has 196 valence electrons. The Labute approximate surface area is 200 Å². The number of nitrogens with zero attached hydrogens (tertiary/aromatic N) is 2. The molecule has 0 bridgehead atoms. The van der Waals surface area contributed by atoms with Gasteiger partial charge in [-0.3, -0.25) is 19.2 Å². The van der Waals surface area contributed by atoms with Crippen molar-refractivity contribution in [3.63, 3.8) is 0 Å². The molecule has 3 amide bonds. The number of carbonyl (C=O) groups excluding carboxylic acids is 4. The van der Waals surface area contributed by atoms with Gasteiger partial charge in [-0.05, 0) is 20.8 Å². The maximum Gasteiger partial charge on any atom is 0.534 e. The standard InChI is InChI=1S/C20H35N3O10S/c1-8-30-20(5,31-9-2)17(26)21-13-19(3,4)14(12-34(28,29)22(6)7)32-18(27)33-23-15(24)10-11-16(23)25/h14H,8-13H2,1-7H3,(H,21,26). The minimum Gasteiger partial charge on any atom is -0.428 e. The molecule has 1 heterocycles. The summed E-state index contributed by atoms with van der Waals surface area (Å²) in [6, 6.07) is 0. The van der Waals surface area contributed by atoms with Gasteiger partial charge < -0.3 is 19.5 Å². The van der Waals surface area contributed by atoms with E-state index in [0.29, 0.717) is 5.06 Å². The number of hydrogen-bond acceptors (Lipinski definition) is 10. The van der Waals surface area contributed by atoms with E-state index in [1.54, 1.807) is 27.7 Å². The molecule has 0 radical (unpaired) electrons. The lowest BCUT2D eigenvalue weighted by atomic mass is 9.87. The minimum atomic E-state index is -3.87. The predicted molar refractivity (Wildman–Crippen MR) is 118 cm³/mol. The van der Waals surface area contributed by atoms with Crippen molar-refractivity contribution in [1.29, 1.82) is 0 Å². The average Bonchev–Trinajstić information content (AvgIpc) is 3.03. The third-order valence-corrected chi connectivity index (χ3v) is 6.99. The van der Waals surface area contributed by atoms with Gasteiger partial charge >= 0.3 is 6.16 Å². The molecular weight excluding hydrogens is 474 g/mol. The van der Waals surface area contributed by atoms with Gasteiger partial charge in [0.2, 0.25) is 15.8 Å². The SMILES string of the molecule is CCOC(C)(OCC)C(=O)NCC(C)(C)C(CS(=O)(=O)N(C)C)OC(=O)ON1C(=O)CCC1=O. The van der Waals surface area contributed by atoms with Gasteiger partial charge in [0.15, 0.2) is 0 Å². The molecule has 0 aromatic carbocycles. The second kappa shape index (κ2) is 11.9. The van der Waals surface area contributed by atoms with Crippen LogP contribution in [0.3, 0.4) is 0 Å². The monoisotopic (exact) mass is 509 g/mol. The van der Waals surface area contributed by atoms with Crippen LogP contribution in [0.15, 0.2) is 0 Å². The number of sulfonamides is 1. The smallest absolute Gasteiger partial charge is 0.428 e. The molecule has 1 N–H and O–H groups in total. The van der Waals surface area contributed by atoms with E-state index in [2.05, 4.69) is 5.32 Å². The van der Waals surface area contributed by atoms with E-state index in [1.807, 2.05) is 0 Å². The van der Waals surface area contributed by atoms with E-state index in [9.17, 15) is 27.6 Å². The molecule has 34 heavy (non-hydrogen) atoms. The van der Waals surface area contributed by atoms with E-state index >= 15 is 0 Å². The molecule has 0 aliphatic carbocycles. The zero-order valence-electron chi connectivity index (χ0n) is 20.7. The topological polar surface area (TPSA) is 158 Å². The third-order valence-electron chi connectivity index (χ3n) is 5.16. The Morgan fingerprint density at radius 2 is 1.56 bits per heavy atom. The molecule has 1 unspecified atom stereocenters. The summed E-state index contributed by atoms with van der Waals surface area (Å²) in [5.74, 6) is -4.24. The van der Waals surface area contributed by atoms with Gasteiger partial charge in [0.1, 0.15) is 11.9 Å². The van der Waals surface area contributed by atoms with Crippen LogP contribution < -0.4 is 5.32 Å². The number of carbonyl (C=O) groups is 4. The van der Waals surface area contributed by atoms with Crippen LogP contribution in [0, 0.1) is 5.41 Å². The number of hydrogen-bond donors (Lipinski definition) is 1. The molecule has 1 aliphatic rings. The molecule has 14 heteroatoms. The Balaban J connectivity index is 3.04. The Kier molecular flexibility index (Phi) is 10.4. The van der Waals surface area contributed by atoms with Crippen molar-refractivity contribution in [1.82, 2.24) is 14.7 Å². The van der Waals surface area contributed by atoms with Gasteiger partial charge in [0.25, 0.3) is 17.7 Å². The van der Waals surface area contributed by atoms with Crippen molar-refractivity contribution in [2.75, 3.05) is 39.6 Å². The van der Waals surface area contributed by atoms with Crippen LogP contribution in [0.1, 0.15) is 47.5 Å². The minimum absolute atomic E-state index is 0.111. The molecule has 0 aromatic rings. The van der Waals surface area contributed by atoms with Gasteiger partial charge in [-0.25, -0.2) is 17.5 Å². The quantitative estimate of drug-likeness (QED) is 0.209. The average molecular weight is 510 g/mol. The highest BCUT2D eigenvalue weighted by molar-refractivity contribution is 7.89. The van der Waals surface area contributed by atoms with Crippen LogP contribution in [0.2, 0.25) is 0 Å². The second-order valence-corrected chi connectivity index (χ2v) is 10.8. The summed E-state index contributed by atoms with van der Waals surface area (Å²) >= 11 is 0. The molecule has 0 spiro atoms. The molecule has 1 fully saturated rings. The summed E-state index contributed by atoms with van der Waals surface area (Å²) in [6.07, 6.45) is -2.97. The first kappa shape index (κ1) is 29.7. The van der Waals surface area contributed by atoms with Crippen LogP contribution in [0.5, 0.6) is 0 Å². The van der Waals surface area contributed by atoms with E-state index in [1.165, 1.54) is 21.0 Å². The number of hydroxylamine groups is 2. The maximum atomic E-state index is 12.7. The number of amides is 3. The van der Waals surface area contributed by atoms with E-state index in [4.69, 9.17) is 19.0 Å². The number of nitrogens with one attached hydrogen (secondary N) is 1. The first-order chi connectivity index (χ1) is 15.6. The van der Waals surface area contributed by atoms with E-state index in [-0.39, 0.29) is 32.6 Å². The highest BCUT2D eigenvalue weighted by Gasteiger charge is 2.42. The van der Waals surface area contributed by atoms with Crippen molar-refractivity contribution >= 4 is 33.9 Å². The normalized spacial score (nSPS) is 16.1. The van der Waals surface area contributed by atoms with Crippen molar-refractivity contribution in [2.45, 2.75) is 59.4 Å². The third kappa shape index (κ3) is 7.89. The lowest BCUT2D eigenvalue weighted by Crippen LogP contribution is -2.54. The van der Waals surface area contributed by atoms with Crippen molar-refractivity contribution in [2.24, 2.45) is 5.41 Å². The molecular formula is C20H35N3O10S. The molecule has 1 rings (SSSR count). The summed E-state index contributed by atoms with van der Waals surface area (Å²) in [6.45, 7) is 8.28. The van der Waals surface area contributed by atoms with Crippen molar-refractivity contribution in [3.8, 4) is 0 Å². The molecule has 0 aromatic heterocycles. The van der Waals surface area contributed by atoms with E-state index in [0.717, 1.165) is 4.31 Å². The first-order valence-corrected chi connectivity index (χ1v) is 12.4. The molecule has 1 atom stereocenters. The van der Waals surface area contributed by atoms with Gasteiger partial charge in [-0.15, -0.1) is 0 Å². The van der Waals surface area contributed by atoms with E-state index < -0.39 is 57.0 Å². The van der Waals surface area contributed by atoms with Crippen molar-refractivity contribution in [3.05, 3.63) is 0 Å². The lowest BCUT2D eigenvalue weighted by molar-refractivity contribution is -0.219. The van der Waals surface area contributed by atoms with Crippen LogP contribution >= 0.6 is 0 Å². The summed E-state index contributed by atoms with van der Waals surface area (Å²) in [5, 5.41) is 2.94. The van der Waals surface area contributed by atoms with Crippen LogP contribution in [-0.2, 0) is 43.5 Å². The maximum absolute atomic E-state index is 12.7. The summed E-state index contributed by atoms with van der Waals surface area (Å²) in [5.41, 5.74) is -1.14. The second-order valence-electron chi connectivity index (χ2n) is 8.57. The Bertz CT molecular complexity index is 850. The molecule has 13 nitrogen and oxygen atoms in total. The van der Waals surface area contributed by atoms with Crippen LogP contribution in [-0.4, -0.2) is 93.2 Å². The summed E-state index contributed by atoms with van der Waals surface area (Å²) in [7, 11) is -1.24. The summed E-state index contributed by atoms with van der Waals surface area (Å²) < 4.78 is 42.1. The molecule has 0 saturated carbocycles. The van der Waals surface area contributed by atoms with Crippen LogP contribution in [0.25, 0.3) is 0 Å². The van der Waals surface area contributed by atoms with Gasteiger partial charge in [-0.1, -0.05) is 18.9 Å². The van der Waals surface area contributed by atoms with Gasteiger partial charge in [0, 0.05) is 52.1 Å². The number of ether oxygens (including phenoxy) is 3. The number of imide groups is 1. The first-order valence-electron chi connectivity index (χ1n) is 10.8. The lowest BCUT2D eigenvalue weighted by Gasteiger charge is -2.35. The molecule has 1 aliphatic heterocycles. The highest BCUT2D eigenvalue weighted by Crippen LogP contribution is 2.26. The Morgan fingerprint density at radius 3 is 2.00 bits per heavy atom. The Morgan fingerprint density at radius 1 is 1.06 bits per heavy atom. The fraction of sp³-hybridized carbons (Fsp3) is 0.800. The summed E-state index contributed by atoms with van der Waals surface area (Å²) in [4.78, 5) is 53.2. The Hall–Kier alpha value is -2.29. The fourth-order valence-corrected chi connectivity index (χ4v) is 4.14. The number of rotatable bonds is 13. The zero-order chi connectivity index (χ0) is 26.3. The predicted octanol–water partition coefficient (Wildman–Crippen LogP) is 0.395. The highest BCUT2D eigenvalue weighted by atomic mass is 32.2. The van der Waals surface area contributed by atoms with Gasteiger partial charge in [-0.2, -0.15) is 0 Å². The molecule has 1 saturated heterocycles. The fourth-order valence-electron chi connectivity index (χ4n) is 2.94. The largest absolute Gasteiger partial charge is 0.534 e. The van der Waals surface area contributed by atoms with Gasteiger partial charge in [0.05, 0.1) is 0 Å². The van der Waals surface area contributed by atoms with Crippen LogP contribution in [0.4, 0.5) is 4.79 Å².